The van der Waals surface area contributed by atoms with E-state index >= 15 is 0 Å². The highest BCUT2D eigenvalue weighted by Gasteiger charge is 2.36. The van der Waals surface area contributed by atoms with Crippen molar-refractivity contribution in [3.63, 3.8) is 0 Å². The molecule has 0 bridgehead atoms. The van der Waals surface area contributed by atoms with Crippen molar-refractivity contribution in [2.24, 2.45) is 5.92 Å². The Labute approximate surface area is 144 Å². The lowest BCUT2D eigenvalue weighted by molar-refractivity contribution is -0.149. The van der Waals surface area contributed by atoms with Crippen LogP contribution in [0.1, 0.15) is 50.2 Å². The summed E-state index contributed by atoms with van der Waals surface area (Å²) in [7, 11) is 0. The Morgan fingerprint density at radius 2 is 2.04 bits per heavy atom. The summed E-state index contributed by atoms with van der Waals surface area (Å²) in [5, 5.41) is 9.23. The lowest BCUT2D eigenvalue weighted by Gasteiger charge is -2.38. The molecule has 1 fully saturated rings. The highest BCUT2D eigenvalue weighted by atomic mass is 19.4. The molecule has 0 aliphatic carbocycles. The van der Waals surface area contributed by atoms with Gasteiger partial charge in [-0.25, -0.2) is 0 Å². The van der Waals surface area contributed by atoms with E-state index in [-0.39, 0.29) is 18.2 Å². The van der Waals surface area contributed by atoms with E-state index in [9.17, 15) is 27.9 Å². The molecule has 7 heteroatoms. The van der Waals surface area contributed by atoms with E-state index in [1.807, 2.05) is 0 Å². The van der Waals surface area contributed by atoms with E-state index in [1.165, 1.54) is 6.07 Å². The van der Waals surface area contributed by atoms with Crippen LogP contribution in [0.3, 0.4) is 0 Å². The Morgan fingerprint density at radius 3 is 2.64 bits per heavy atom. The van der Waals surface area contributed by atoms with Gasteiger partial charge in [-0.1, -0.05) is 25.1 Å². The fourth-order valence-electron chi connectivity index (χ4n) is 3.34. The maximum absolute atomic E-state index is 12.8. The largest absolute Gasteiger partial charge is 0.481 e. The monoisotopic (exact) mass is 357 g/mol. The smallest absolute Gasteiger partial charge is 0.416 e. The van der Waals surface area contributed by atoms with Crippen molar-refractivity contribution >= 4 is 11.9 Å². The summed E-state index contributed by atoms with van der Waals surface area (Å²) in [4.78, 5) is 25.4. The fraction of sp³-hybridized carbons (Fsp3) is 0.556. The molecule has 1 N–H and O–H groups in total. The molecule has 1 aromatic carbocycles. The van der Waals surface area contributed by atoms with Crippen LogP contribution >= 0.6 is 0 Å². The van der Waals surface area contributed by atoms with Gasteiger partial charge in [-0.05, 0) is 37.3 Å². The first kappa shape index (κ1) is 19.3. The molecule has 1 saturated heterocycles. The standard InChI is InChI=1S/C18H22F3NO3/c1-11(13-5-3-6-14(10-13)18(19,20)21)9-16(23)22-8-4-7-15(12(22)2)17(24)25/h3,5-6,10-12,15H,4,7-9H2,1-2H3,(H,24,25)/t11?,12-,15-/m0/s1. The van der Waals surface area contributed by atoms with Crippen molar-refractivity contribution in [2.45, 2.75) is 51.2 Å². The second-order valence-corrected chi connectivity index (χ2v) is 6.64. The van der Waals surface area contributed by atoms with Gasteiger partial charge in [-0.15, -0.1) is 0 Å². The number of amides is 1. The summed E-state index contributed by atoms with van der Waals surface area (Å²) >= 11 is 0. The zero-order chi connectivity index (χ0) is 18.8. The summed E-state index contributed by atoms with van der Waals surface area (Å²) in [5.74, 6) is -2.12. The molecule has 1 amide bonds. The second kappa shape index (κ2) is 7.45. The van der Waals surface area contributed by atoms with Crippen LogP contribution in [0.5, 0.6) is 0 Å². The number of likely N-dealkylation sites (tertiary alicyclic amines) is 1. The molecule has 1 heterocycles. The van der Waals surface area contributed by atoms with Gasteiger partial charge in [0.05, 0.1) is 11.5 Å². The number of hydrogen-bond acceptors (Lipinski definition) is 2. The van der Waals surface area contributed by atoms with E-state index in [2.05, 4.69) is 0 Å². The van der Waals surface area contributed by atoms with Crippen molar-refractivity contribution in [3.8, 4) is 0 Å². The maximum Gasteiger partial charge on any atom is 0.416 e. The number of nitrogens with zero attached hydrogens (tertiary/aromatic N) is 1. The van der Waals surface area contributed by atoms with Crippen LogP contribution in [0.2, 0.25) is 0 Å². The van der Waals surface area contributed by atoms with Gasteiger partial charge in [0.2, 0.25) is 5.91 Å². The molecular formula is C18H22F3NO3. The normalized spacial score (nSPS) is 22.5. The summed E-state index contributed by atoms with van der Waals surface area (Å²) in [6.07, 6.45) is -3.22. The van der Waals surface area contributed by atoms with Gasteiger partial charge in [-0.3, -0.25) is 9.59 Å². The number of halogens is 3. The Balaban J connectivity index is 2.08. The molecule has 4 nitrogen and oxygen atoms in total. The van der Waals surface area contributed by atoms with Crippen molar-refractivity contribution in [1.82, 2.24) is 4.90 Å². The van der Waals surface area contributed by atoms with Crippen molar-refractivity contribution in [3.05, 3.63) is 35.4 Å². The number of hydrogen-bond donors (Lipinski definition) is 1. The van der Waals surface area contributed by atoms with Crippen molar-refractivity contribution < 1.29 is 27.9 Å². The van der Waals surface area contributed by atoms with Gasteiger partial charge in [0, 0.05) is 19.0 Å². The van der Waals surface area contributed by atoms with Gasteiger partial charge < -0.3 is 10.0 Å². The molecule has 3 atom stereocenters. The number of carboxylic acids is 1. The molecule has 0 spiro atoms. The number of rotatable bonds is 4. The molecule has 0 radical (unpaired) electrons. The number of carbonyl (C=O) groups is 2. The van der Waals surface area contributed by atoms with Crippen LogP contribution in [0.4, 0.5) is 13.2 Å². The molecule has 1 aromatic rings. The zero-order valence-corrected chi connectivity index (χ0v) is 14.2. The number of benzene rings is 1. The van der Waals surface area contributed by atoms with Crippen LogP contribution in [0.15, 0.2) is 24.3 Å². The van der Waals surface area contributed by atoms with Gasteiger partial charge in [0.1, 0.15) is 0 Å². The summed E-state index contributed by atoms with van der Waals surface area (Å²) in [6, 6.07) is 4.57. The number of aliphatic carboxylic acids is 1. The highest BCUT2D eigenvalue weighted by molar-refractivity contribution is 5.79. The minimum atomic E-state index is -4.42. The molecule has 1 unspecified atom stereocenters. The van der Waals surface area contributed by atoms with Crippen LogP contribution in [0.25, 0.3) is 0 Å². The second-order valence-electron chi connectivity index (χ2n) is 6.64. The predicted molar refractivity (Wildman–Crippen MR) is 86.0 cm³/mol. The quantitative estimate of drug-likeness (QED) is 0.889. The van der Waals surface area contributed by atoms with E-state index in [0.717, 1.165) is 12.1 Å². The Kier molecular flexibility index (Phi) is 5.75. The first-order valence-corrected chi connectivity index (χ1v) is 8.30. The third kappa shape index (κ3) is 4.52. The Morgan fingerprint density at radius 1 is 1.36 bits per heavy atom. The van der Waals surface area contributed by atoms with Crippen molar-refractivity contribution in [2.75, 3.05) is 6.54 Å². The van der Waals surface area contributed by atoms with E-state index in [0.29, 0.717) is 24.9 Å². The molecule has 0 aromatic heterocycles. The molecule has 2 rings (SSSR count). The third-order valence-corrected chi connectivity index (χ3v) is 4.89. The molecule has 1 aliphatic rings. The molecule has 25 heavy (non-hydrogen) atoms. The minimum absolute atomic E-state index is 0.0536. The number of alkyl halides is 3. The fourth-order valence-corrected chi connectivity index (χ4v) is 3.34. The van der Waals surface area contributed by atoms with Gasteiger partial charge in [0.15, 0.2) is 0 Å². The van der Waals surface area contributed by atoms with E-state index in [4.69, 9.17) is 0 Å². The lowest BCUT2D eigenvalue weighted by atomic mass is 9.89. The number of piperidine rings is 1. The summed E-state index contributed by atoms with van der Waals surface area (Å²) in [6.45, 7) is 3.90. The van der Waals surface area contributed by atoms with E-state index in [1.54, 1.807) is 24.8 Å². The number of carbonyl (C=O) groups excluding carboxylic acids is 1. The van der Waals surface area contributed by atoms with Crippen LogP contribution in [-0.4, -0.2) is 34.5 Å². The van der Waals surface area contributed by atoms with Crippen molar-refractivity contribution in [1.29, 1.82) is 0 Å². The van der Waals surface area contributed by atoms with E-state index < -0.39 is 29.7 Å². The van der Waals surface area contributed by atoms with Gasteiger partial charge in [0.25, 0.3) is 0 Å². The van der Waals surface area contributed by atoms with Gasteiger partial charge >= 0.3 is 12.1 Å². The average molecular weight is 357 g/mol. The van der Waals surface area contributed by atoms with Crippen LogP contribution in [0, 0.1) is 5.92 Å². The molecule has 1 aliphatic heterocycles. The summed E-state index contributed by atoms with van der Waals surface area (Å²) < 4.78 is 38.5. The van der Waals surface area contributed by atoms with Gasteiger partial charge in [-0.2, -0.15) is 13.2 Å². The predicted octanol–water partition coefficient (Wildman–Crippen LogP) is 3.91. The average Bonchev–Trinajstić information content (AvgIpc) is 2.54. The van der Waals surface area contributed by atoms with Crippen LogP contribution < -0.4 is 0 Å². The first-order valence-electron chi connectivity index (χ1n) is 8.30. The topological polar surface area (TPSA) is 57.6 Å². The number of carboxylic acid groups (broad SMARTS) is 1. The minimum Gasteiger partial charge on any atom is -0.481 e. The SMILES string of the molecule is CC(CC(=O)N1CCC[C@H](C(=O)O)[C@@H]1C)c1cccc(C(F)(F)F)c1. The summed E-state index contributed by atoms with van der Waals surface area (Å²) in [5.41, 5.74) is -0.288. The molecule has 0 saturated carbocycles. The molecular weight excluding hydrogens is 335 g/mol. The van der Waals surface area contributed by atoms with Crippen LogP contribution in [-0.2, 0) is 15.8 Å². The molecule has 138 valence electrons. The first-order chi connectivity index (χ1) is 11.6. The zero-order valence-electron chi connectivity index (χ0n) is 14.2. The Hall–Kier alpha value is -2.05. The Bertz CT molecular complexity index is 645. The highest BCUT2D eigenvalue weighted by Crippen LogP contribution is 2.32. The lowest BCUT2D eigenvalue weighted by Crippen LogP contribution is -2.49. The third-order valence-electron chi connectivity index (χ3n) is 4.89. The maximum atomic E-state index is 12.8.